The molecule has 0 heterocycles. The van der Waals surface area contributed by atoms with Gasteiger partial charge in [-0.05, 0) is 31.2 Å². The fourth-order valence-corrected chi connectivity index (χ4v) is 2.57. The van der Waals surface area contributed by atoms with E-state index in [1.807, 2.05) is 6.07 Å². The van der Waals surface area contributed by atoms with E-state index in [0.717, 1.165) is 0 Å². The molecule has 27 heavy (non-hydrogen) atoms. The molecule has 1 atom stereocenters. The van der Waals surface area contributed by atoms with Crippen molar-refractivity contribution < 1.29 is 18.7 Å². The maximum absolute atomic E-state index is 14.0. The number of nitriles is 1. The average Bonchev–Trinajstić information content (AvgIpc) is 2.66. The van der Waals surface area contributed by atoms with Crippen molar-refractivity contribution in [3.63, 3.8) is 0 Å². The lowest BCUT2D eigenvalue weighted by atomic mass is 9.95. The number of ether oxygens (including phenoxy) is 1. The van der Waals surface area contributed by atoms with E-state index in [-0.39, 0.29) is 23.4 Å². The number of halogens is 2. The summed E-state index contributed by atoms with van der Waals surface area (Å²) < 4.78 is 19.4. The molecular weight excluding hydrogens is 373 g/mol. The van der Waals surface area contributed by atoms with Crippen molar-refractivity contribution >= 4 is 29.1 Å². The van der Waals surface area contributed by atoms with Crippen molar-refractivity contribution in [3.05, 3.63) is 64.4 Å². The van der Waals surface area contributed by atoms with E-state index in [1.165, 1.54) is 37.4 Å². The summed E-state index contributed by atoms with van der Waals surface area (Å²) in [5.41, 5.74) is -0.646. The molecule has 0 aliphatic heterocycles. The van der Waals surface area contributed by atoms with Crippen molar-refractivity contribution in [2.45, 2.75) is 12.5 Å². The highest BCUT2D eigenvalue weighted by molar-refractivity contribution is 6.40. The van der Waals surface area contributed by atoms with Gasteiger partial charge in [0.15, 0.2) is 0 Å². The smallest absolute Gasteiger partial charge is 0.313 e. The number of rotatable bonds is 5. The minimum atomic E-state index is -1.17. The summed E-state index contributed by atoms with van der Waals surface area (Å²) in [5, 5.41) is 14.1. The Balaban J connectivity index is 2.09. The van der Waals surface area contributed by atoms with Crippen LogP contribution >= 0.6 is 11.6 Å². The van der Waals surface area contributed by atoms with Gasteiger partial charge >= 0.3 is 11.8 Å². The van der Waals surface area contributed by atoms with Gasteiger partial charge in [-0.15, -0.1) is 0 Å². The van der Waals surface area contributed by atoms with Crippen LogP contribution in [-0.4, -0.2) is 25.5 Å². The Kier molecular flexibility index (Phi) is 6.50. The van der Waals surface area contributed by atoms with Crippen LogP contribution in [-0.2, 0) is 19.9 Å². The van der Waals surface area contributed by atoms with Gasteiger partial charge in [-0.2, -0.15) is 5.26 Å². The molecule has 2 amide bonds. The van der Waals surface area contributed by atoms with E-state index in [0.29, 0.717) is 5.02 Å². The van der Waals surface area contributed by atoms with Crippen LogP contribution in [0.2, 0.25) is 5.02 Å². The van der Waals surface area contributed by atoms with Crippen molar-refractivity contribution in [2.75, 3.05) is 19.0 Å². The molecule has 140 valence electrons. The number of hydrogen-bond donors (Lipinski definition) is 2. The molecule has 0 radical (unpaired) electrons. The minimum absolute atomic E-state index is 0.119. The molecule has 1 unspecified atom stereocenters. The molecule has 0 aliphatic carbocycles. The van der Waals surface area contributed by atoms with Crippen LogP contribution < -0.4 is 10.6 Å². The molecule has 2 aromatic carbocycles. The Morgan fingerprint density at radius 2 is 1.96 bits per heavy atom. The first-order chi connectivity index (χ1) is 12.8. The highest BCUT2D eigenvalue weighted by atomic mass is 35.5. The number of benzene rings is 2. The van der Waals surface area contributed by atoms with Gasteiger partial charge in [0.25, 0.3) is 0 Å². The fraction of sp³-hybridized carbons (Fsp3) is 0.211. The number of methoxy groups -OCH3 is 1. The van der Waals surface area contributed by atoms with Crippen LogP contribution in [0.4, 0.5) is 10.1 Å². The first kappa shape index (κ1) is 20.4. The molecule has 2 aromatic rings. The zero-order valence-electron chi connectivity index (χ0n) is 14.7. The summed E-state index contributed by atoms with van der Waals surface area (Å²) in [6.45, 7) is 1.45. The molecule has 2 N–H and O–H groups in total. The SMILES string of the molecule is COC(C)(CNC(=O)C(=O)Nc1cc(Cl)ccc1C#N)c1ccccc1F. The van der Waals surface area contributed by atoms with E-state index in [2.05, 4.69) is 10.6 Å². The molecule has 0 aromatic heterocycles. The van der Waals surface area contributed by atoms with Gasteiger partial charge in [0.05, 0.1) is 17.8 Å². The molecule has 0 fully saturated rings. The van der Waals surface area contributed by atoms with E-state index >= 15 is 0 Å². The summed E-state index contributed by atoms with van der Waals surface area (Å²) in [6, 6.07) is 12.2. The summed E-state index contributed by atoms with van der Waals surface area (Å²) in [5.74, 6) is -2.43. The van der Waals surface area contributed by atoms with Crippen molar-refractivity contribution in [3.8, 4) is 6.07 Å². The predicted molar refractivity (Wildman–Crippen MR) is 98.6 cm³/mol. The topological polar surface area (TPSA) is 91.2 Å². The molecular formula is C19H17ClFN3O3. The molecule has 0 aliphatic rings. The Hall–Kier alpha value is -2.95. The first-order valence-electron chi connectivity index (χ1n) is 7.89. The van der Waals surface area contributed by atoms with Gasteiger partial charge in [-0.1, -0.05) is 29.8 Å². The summed E-state index contributed by atoms with van der Waals surface area (Å²) in [4.78, 5) is 24.2. The van der Waals surface area contributed by atoms with E-state index in [4.69, 9.17) is 21.6 Å². The summed E-state index contributed by atoms with van der Waals surface area (Å²) in [6.07, 6.45) is 0. The molecule has 6 nitrogen and oxygen atoms in total. The highest BCUT2D eigenvalue weighted by Crippen LogP contribution is 2.26. The quantitative estimate of drug-likeness (QED) is 0.769. The maximum atomic E-state index is 14.0. The summed E-state index contributed by atoms with van der Waals surface area (Å²) >= 11 is 5.85. The lowest BCUT2D eigenvalue weighted by molar-refractivity contribution is -0.137. The number of hydrogen-bond acceptors (Lipinski definition) is 4. The second-order valence-corrected chi connectivity index (χ2v) is 6.29. The van der Waals surface area contributed by atoms with Crippen LogP contribution in [0.1, 0.15) is 18.1 Å². The standard InChI is InChI=1S/C19H17ClFN3O3/c1-19(27-2,14-5-3-4-6-15(14)21)11-23-17(25)18(26)24-16-9-13(20)8-7-12(16)10-22/h3-9H,11H2,1-2H3,(H,23,25)(H,24,26). The molecule has 0 saturated carbocycles. The van der Waals surface area contributed by atoms with E-state index in [9.17, 15) is 14.0 Å². The number of nitrogens with zero attached hydrogens (tertiary/aromatic N) is 1. The predicted octanol–water partition coefficient (Wildman–Crippen LogP) is 2.97. The fourth-order valence-electron chi connectivity index (χ4n) is 2.39. The van der Waals surface area contributed by atoms with Crippen LogP contribution in [0.25, 0.3) is 0 Å². The number of amides is 2. The van der Waals surface area contributed by atoms with Crippen LogP contribution in [0.5, 0.6) is 0 Å². The third-order valence-corrected chi connectivity index (χ3v) is 4.27. The zero-order valence-corrected chi connectivity index (χ0v) is 15.4. The molecule has 0 saturated heterocycles. The molecule has 8 heteroatoms. The summed E-state index contributed by atoms with van der Waals surface area (Å²) in [7, 11) is 1.38. The second kappa shape index (κ2) is 8.62. The normalized spacial score (nSPS) is 12.6. The van der Waals surface area contributed by atoms with Crippen LogP contribution in [0, 0.1) is 17.1 Å². The second-order valence-electron chi connectivity index (χ2n) is 5.85. The monoisotopic (exact) mass is 389 g/mol. The third-order valence-electron chi connectivity index (χ3n) is 4.04. The third kappa shape index (κ3) is 4.82. The van der Waals surface area contributed by atoms with Gasteiger partial charge in [0.2, 0.25) is 0 Å². The molecule has 0 bridgehead atoms. The Labute approximate surface area is 160 Å². The van der Waals surface area contributed by atoms with Gasteiger partial charge in [0.1, 0.15) is 17.5 Å². The lowest BCUT2D eigenvalue weighted by Crippen LogP contribution is -2.44. The Morgan fingerprint density at radius 1 is 1.26 bits per heavy atom. The van der Waals surface area contributed by atoms with Gasteiger partial charge in [-0.25, -0.2) is 4.39 Å². The van der Waals surface area contributed by atoms with E-state index in [1.54, 1.807) is 19.1 Å². The average molecular weight is 390 g/mol. The largest absolute Gasteiger partial charge is 0.372 e. The molecule has 0 spiro atoms. The minimum Gasteiger partial charge on any atom is -0.372 e. The van der Waals surface area contributed by atoms with Crippen LogP contribution in [0.15, 0.2) is 42.5 Å². The maximum Gasteiger partial charge on any atom is 0.313 e. The Morgan fingerprint density at radius 3 is 2.59 bits per heavy atom. The number of carbonyl (C=O) groups excluding carboxylic acids is 2. The number of nitrogens with one attached hydrogen (secondary N) is 2. The zero-order chi connectivity index (χ0) is 20.0. The van der Waals surface area contributed by atoms with Gasteiger partial charge in [-0.3, -0.25) is 9.59 Å². The van der Waals surface area contributed by atoms with E-state index < -0.39 is 23.2 Å². The van der Waals surface area contributed by atoms with Gasteiger partial charge < -0.3 is 15.4 Å². The molecule has 2 rings (SSSR count). The first-order valence-corrected chi connectivity index (χ1v) is 8.27. The highest BCUT2D eigenvalue weighted by Gasteiger charge is 2.30. The van der Waals surface area contributed by atoms with Crippen molar-refractivity contribution in [2.24, 2.45) is 0 Å². The van der Waals surface area contributed by atoms with Gasteiger partial charge in [0, 0.05) is 17.7 Å². The number of anilines is 1. The lowest BCUT2D eigenvalue weighted by Gasteiger charge is -2.29. The number of carbonyl (C=O) groups is 2. The van der Waals surface area contributed by atoms with Crippen molar-refractivity contribution in [1.29, 1.82) is 5.26 Å². The van der Waals surface area contributed by atoms with Crippen molar-refractivity contribution in [1.82, 2.24) is 5.32 Å². The Bertz CT molecular complexity index is 913. The van der Waals surface area contributed by atoms with Crippen LogP contribution in [0.3, 0.4) is 0 Å².